The number of rotatable bonds is 5. The maximum absolute atomic E-state index is 12.4. The Labute approximate surface area is 152 Å². The number of carbonyl (C=O) groups is 2. The van der Waals surface area contributed by atoms with E-state index in [2.05, 4.69) is 9.47 Å². The molecule has 1 aliphatic rings. The molecule has 2 rings (SSSR count). The van der Waals surface area contributed by atoms with Crippen LogP contribution in [-0.4, -0.2) is 36.0 Å². The normalized spacial score (nSPS) is 13.2. The average molecular weight is 375 g/mol. The third-order valence-electron chi connectivity index (χ3n) is 3.52. The first-order valence-electron chi connectivity index (χ1n) is 7.30. The van der Waals surface area contributed by atoms with Crippen molar-refractivity contribution in [3.8, 4) is 0 Å². The van der Waals surface area contributed by atoms with E-state index < -0.39 is 44.5 Å². The number of esters is 2. The van der Waals surface area contributed by atoms with Crippen molar-refractivity contribution in [3.05, 3.63) is 74.1 Å². The number of para-hydroxylation sites is 1. The van der Waals surface area contributed by atoms with Gasteiger partial charge in [-0.15, -0.1) is 0 Å². The number of allylic oxidation sites excluding steroid dienone is 2. The average Bonchev–Trinajstić information content (AvgIpc) is 2.88. The monoisotopic (exact) mass is 375 g/mol. The molecule has 1 aromatic carbocycles. The number of hydrogen-bond acceptors (Lipinski definition) is 9. The molecule has 0 fully saturated rings. The molecule has 1 heterocycles. The highest BCUT2D eigenvalue weighted by Gasteiger charge is 2.36. The van der Waals surface area contributed by atoms with Gasteiger partial charge in [0.1, 0.15) is 5.70 Å². The number of hydrogen-bond donors (Lipinski definition) is 0. The van der Waals surface area contributed by atoms with Gasteiger partial charge in [-0.25, -0.2) is 9.59 Å². The number of nitrogens with zero attached hydrogens (tertiary/aromatic N) is 3. The number of anilines is 1. The molecule has 1 aliphatic heterocycles. The van der Waals surface area contributed by atoms with Gasteiger partial charge in [0.25, 0.3) is 11.4 Å². The molecule has 11 nitrogen and oxygen atoms in total. The zero-order valence-corrected chi connectivity index (χ0v) is 14.1. The SMILES string of the molecule is COC(=O)C1=C(C(=O)OC)N(c2c([N+](=O)[O-])cccc2[N+](=O)[O-])C=CC=C1. The largest absolute Gasteiger partial charge is 0.465 e. The van der Waals surface area contributed by atoms with E-state index in [1.807, 2.05) is 0 Å². The predicted octanol–water partition coefficient (Wildman–Crippen LogP) is 1.99. The van der Waals surface area contributed by atoms with Crippen molar-refractivity contribution >= 4 is 29.0 Å². The van der Waals surface area contributed by atoms with Gasteiger partial charge in [0.2, 0.25) is 5.69 Å². The maximum atomic E-state index is 12.4. The molecule has 0 N–H and O–H groups in total. The van der Waals surface area contributed by atoms with Gasteiger partial charge < -0.3 is 9.47 Å². The van der Waals surface area contributed by atoms with Crippen molar-refractivity contribution in [1.82, 2.24) is 0 Å². The van der Waals surface area contributed by atoms with E-state index in [4.69, 9.17) is 0 Å². The van der Waals surface area contributed by atoms with Crippen LogP contribution in [0.3, 0.4) is 0 Å². The third-order valence-corrected chi connectivity index (χ3v) is 3.52. The summed E-state index contributed by atoms with van der Waals surface area (Å²) in [5.41, 5.74) is -2.54. The van der Waals surface area contributed by atoms with Crippen molar-refractivity contribution in [2.45, 2.75) is 0 Å². The molecule has 0 atom stereocenters. The summed E-state index contributed by atoms with van der Waals surface area (Å²) in [6.07, 6.45) is 5.12. The lowest BCUT2D eigenvalue weighted by Gasteiger charge is -2.22. The summed E-state index contributed by atoms with van der Waals surface area (Å²) < 4.78 is 9.30. The van der Waals surface area contributed by atoms with Crippen LogP contribution in [0.2, 0.25) is 0 Å². The first-order valence-corrected chi connectivity index (χ1v) is 7.30. The molecule has 27 heavy (non-hydrogen) atoms. The number of methoxy groups -OCH3 is 2. The highest BCUT2D eigenvalue weighted by Crippen LogP contribution is 2.40. The minimum Gasteiger partial charge on any atom is -0.465 e. The second kappa shape index (κ2) is 7.91. The Balaban J connectivity index is 2.90. The highest BCUT2D eigenvalue weighted by atomic mass is 16.6. The first-order chi connectivity index (χ1) is 12.8. The molecule has 11 heteroatoms. The molecule has 0 unspecified atom stereocenters. The van der Waals surface area contributed by atoms with Crippen molar-refractivity contribution in [1.29, 1.82) is 0 Å². The Morgan fingerprint density at radius 3 is 2.00 bits per heavy atom. The van der Waals surface area contributed by atoms with E-state index in [-0.39, 0.29) is 5.57 Å². The quantitative estimate of drug-likeness (QED) is 0.429. The van der Waals surface area contributed by atoms with E-state index in [9.17, 15) is 29.8 Å². The Morgan fingerprint density at radius 1 is 0.963 bits per heavy atom. The summed E-state index contributed by atoms with van der Waals surface area (Å²) in [7, 11) is 2.11. The zero-order chi connectivity index (χ0) is 20.1. The number of nitro benzene ring substituents is 2. The van der Waals surface area contributed by atoms with Crippen LogP contribution in [0.25, 0.3) is 0 Å². The Bertz CT molecular complexity index is 884. The van der Waals surface area contributed by atoms with Crippen LogP contribution < -0.4 is 4.90 Å². The van der Waals surface area contributed by atoms with E-state index >= 15 is 0 Å². The van der Waals surface area contributed by atoms with Gasteiger partial charge in [0.15, 0.2) is 0 Å². The Kier molecular flexibility index (Phi) is 5.65. The van der Waals surface area contributed by atoms with Crippen molar-refractivity contribution in [3.63, 3.8) is 0 Å². The van der Waals surface area contributed by atoms with Crippen molar-refractivity contribution < 1.29 is 28.9 Å². The minimum atomic E-state index is -1.04. The number of nitro groups is 2. The third kappa shape index (κ3) is 3.66. The van der Waals surface area contributed by atoms with Gasteiger partial charge in [-0.3, -0.25) is 25.1 Å². The van der Waals surface area contributed by atoms with Crippen molar-refractivity contribution in [2.75, 3.05) is 19.1 Å². The van der Waals surface area contributed by atoms with E-state index in [1.165, 1.54) is 24.4 Å². The van der Waals surface area contributed by atoms with Crippen molar-refractivity contribution in [2.24, 2.45) is 0 Å². The summed E-state index contributed by atoms with van der Waals surface area (Å²) in [6.45, 7) is 0. The molecule has 0 saturated carbocycles. The lowest BCUT2D eigenvalue weighted by atomic mass is 10.1. The summed E-state index contributed by atoms with van der Waals surface area (Å²) in [5, 5.41) is 22.9. The smallest absolute Gasteiger partial charge is 0.355 e. The minimum absolute atomic E-state index is 0.290. The molecule has 0 spiro atoms. The molecule has 0 radical (unpaired) electrons. The summed E-state index contributed by atoms with van der Waals surface area (Å²) in [4.78, 5) is 46.5. The lowest BCUT2D eigenvalue weighted by molar-refractivity contribution is -0.392. The van der Waals surface area contributed by atoms with E-state index in [0.29, 0.717) is 0 Å². The van der Waals surface area contributed by atoms with E-state index in [0.717, 1.165) is 37.3 Å². The molecule has 0 bridgehead atoms. The summed E-state index contributed by atoms with van der Waals surface area (Å²) >= 11 is 0. The van der Waals surface area contributed by atoms with Crippen LogP contribution in [-0.2, 0) is 19.1 Å². The summed E-state index contributed by atoms with van der Waals surface area (Å²) in [5.74, 6) is -1.97. The Morgan fingerprint density at radius 2 is 1.52 bits per heavy atom. The fraction of sp³-hybridized carbons (Fsp3) is 0.125. The molecule has 0 saturated heterocycles. The highest BCUT2D eigenvalue weighted by molar-refractivity contribution is 6.06. The zero-order valence-electron chi connectivity index (χ0n) is 14.1. The molecule has 1 aromatic rings. The van der Waals surface area contributed by atoms with Gasteiger partial charge in [0, 0.05) is 18.3 Å². The van der Waals surface area contributed by atoms with Crippen LogP contribution in [0.15, 0.2) is 53.9 Å². The second-order valence-electron chi connectivity index (χ2n) is 4.98. The Hall–Kier alpha value is -4.02. The molecular weight excluding hydrogens is 362 g/mol. The van der Waals surface area contributed by atoms with Gasteiger partial charge in [-0.05, 0) is 18.2 Å². The number of benzene rings is 1. The van der Waals surface area contributed by atoms with Crippen LogP contribution in [0.4, 0.5) is 17.1 Å². The fourth-order valence-corrected chi connectivity index (χ4v) is 2.40. The van der Waals surface area contributed by atoms with Crippen LogP contribution in [0, 0.1) is 20.2 Å². The number of carbonyl (C=O) groups excluding carboxylic acids is 2. The molecule has 140 valence electrons. The fourth-order valence-electron chi connectivity index (χ4n) is 2.40. The van der Waals surface area contributed by atoms with E-state index in [1.54, 1.807) is 0 Å². The van der Waals surface area contributed by atoms with Crippen LogP contribution >= 0.6 is 0 Å². The second-order valence-corrected chi connectivity index (χ2v) is 4.98. The van der Waals surface area contributed by atoms with Gasteiger partial charge in [-0.2, -0.15) is 0 Å². The topological polar surface area (TPSA) is 142 Å². The van der Waals surface area contributed by atoms with Gasteiger partial charge in [0.05, 0.1) is 29.6 Å². The van der Waals surface area contributed by atoms with Crippen LogP contribution in [0.1, 0.15) is 0 Å². The predicted molar refractivity (Wildman–Crippen MR) is 91.6 cm³/mol. The van der Waals surface area contributed by atoms with Crippen LogP contribution in [0.5, 0.6) is 0 Å². The molecule has 0 amide bonds. The van der Waals surface area contributed by atoms with Gasteiger partial charge in [-0.1, -0.05) is 6.08 Å². The standard InChI is InChI=1S/C16H13N3O8/c1-26-15(20)10-6-3-4-9-17(13(10)16(21)27-2)14-11(18(22)23)7-5-8-12(14)19(24)25/h3-9H,1-2H3. The molecular formula is C16H13N3O8. The lowest BCUT2D eigenvalue weighted by Crippen LogP contribution is -2.28. The van der Waals surface area contributed by atoms with Gasteiger partial charge >= 0.3 is 11.9 Å². The molecule has 0 aliphatic carbocycles. The first kappa shape index (κ1) is 19.3. The summed E-state index contributed by atoms with van der Waals surface area (Å²) in [6, 6.07) is 3.23. The number of ether oxygens (including phenoxy) is 2. The maximum Gasteiger partial charge on any atom is 0.355 e. The molecule has 0 aromatic heterocycles.